The first-order valence-corrected chi connectivity index (χ1v) is 30.8. The van der Waals surface area contributed by atoms with Gasteiger partial charge >= 0.3 is 12.4 Å². The van der Waals surface area contributed by atoms with Crippen LogP contribution in [0, 0.1) is 41.0 Å². The molecule has 10 rings (SSSR count). The maximum Gasteiger partial charge on any atom is 0.416 e. The summed E-state index contributed by atoms with van der Waals surface area (Å²) in [5.74, 6) is -10.2. The van der Waals surface area contributed by atoms with Crippen molar-refractivity contribution in [2.24, 2.45) is 17.8 Å². The van der Waals surface area contributed by atoms with Crippen LogP contribution >= 0.6 is 0 Å². The van der Waals surface area contributed by atoms with Gasteiger partial charge in [0, 0.05) is 42.4 Å². The number of ketones is 2. The maximum atomic E-state index is 15.5. The molecule has 0 N–H and O–H groups in total. The molecule has 0 radical (unpaired) electrons. The summed E-state index contributed by atoms with van der Waals surface area (Å²) in [5, 5.41) is 0.947. The molecule has 26 heteroatoms. The van der Waals surface area contributed by atoms with Gasteiger partial charge in [0.05, 0.1) is 60.8 Å². The summed E-state index contributed by atoms with van der Waals surface area (Å²) in [6.07, 6.45) is -11.4. The summed E-state index contributed by atoms with van der Waals surface area (Å²) in [6.45, 7) is 2.33. The molecule has 0 saturated heterocycles. The summed E-state index contributed by atoms with van der Waals surface area (Å²) in [7, 11) is -16.5. The van der Waals surface area contributed by atoms with Crippen LogP contribution in [0.25, 0.3) is 0 Å². The van der Waals surface area contributed by atoms with Crippen molar-refractivity contribution in [3.8, 4) is 11.5 Å². The van der Waals surface area contributed by atoms with Gasteiger partial charge in [-0.25, -0.2) is 51.2 Å². The predicted octanol–water partition coefficient (Wildman–Crippen LogP) is 11.5. The minimum atomic E-state index is -4.82. The topological polar surface area (TPSA) is 189 Å². The number of fused-ring (bicyclic) bond motifs is 6. The van der Waals surface area contributed by atoms with Gasteiger partial charge in [0.25, 0.3) is 0 Å². The Bertz CT molecular complexity index is 3900. The average molecular weight is 1230 g/mol. The molecule has 436 valence electrons. The number of hydrogen-bond acceptors (Lipinski definition) is 12. The molecule has 2 saturated carbocycles. The van der Waals surface area contributed by atoms with Crippen molar-refractivity contribution in [1.29, 1.82) is 0 Å². The van der Waals surface area contributed by atoms with E-state index in [4.69, 9.17) is 9.47 Å². The quantitative estimate of drug-likeness (QED) is 0.118. The van der Waals surface area contributed by atoms with Gasteiger partial charge in [-0.05, 0) is 116 Å². The standard InChI is InChI=1S/C28H23F5O6S2.C20H15F5O4S.C8H8O2S/c29-22-10-11-23(30)26-25(22)27(41(37,38)19-8-6-17(7-9-19)28(31,32)33)14-12-24(34)20(21(27)16-39-26)13-15-40(35,36)18-4-2-1-3-5-18;21-15-5-6-16(22)18-17(15)19(8-7-13(26)9-12(19)10-29-18)30(27,28)14-3-1-11(2-4-14)20(23,24)25;1-2-11(9,10)8-6-4-3-5-7-8/h1-11,20-21H,12-16H2;1-6,12H,7-10H2;2-7H,1H2/t20-,21-,27?;12-,19?;/m01./s1. The van der Waals surface area contributed by atoms with E-state index in [1.165, 1.54) is 36.4 Å². The second kappa shape index (κ2) is 22.7. The number of benzene rings is 6. The van der Waals surface area contributed by atoms with Crippen LogP contribution in [0.1, 0.15) is 60.8 Å². The van der Waals surface area contributed by atoms with Crippen molar-refractivity contribution in [1.82, 2.24) is 0 Å². The van der Waals surface area contributed by atoms with Crippen molar-refractivity contribution >= 4 is 50.9 Å². The van der Waals surface area contributed by atoms with Crippen LogP contribution in [-0.4, -0.2) is 64.2 Å². The Morgan fingerprint density at radius 1 is 0.524 bits per heavy atom. The van der Waals surface area contributed by atoms with Gasteiger partial charge in [-0.3, -0.25) is 9.59 Å². The highest BCUT2D eigenvalue weighted by molar-refractivity contribution is 7.94. The molecular weight excluding hydrogens is 1180 g/mol. The third kappa shape index (κ3) is 11.2. The number of rotatable bonds is 10. The SMILES string of the molecule is C=CS(=O)(=O)c1ccccc1.O=C1CCC2(S(=O)(=O)c3ccc(C(F)(F)F)cc3)c3c(F)ccc(F)c3OC[C@H]2C1.O=C1CCC2(S(=O)(=O)c3ccc(C(F)(F)F)cc3)c3c(F)ccc(F)c3OC[C@H]2[C@@H]1CCS(=O)(=O)c1ccccc1. The van der Waals surface area contributed by atoms with Gasteiger partial charge in [0.2, 0.25) is 0 Å². The van der Waals surface area contributed by atoms with Crippen LogP contribution in [-0.2, 0) is 70.8 Å². The van der Waals surface area contributed by atoms with Crippen molar-refractivity contribution in [2.45, 2.75) is 80.0 Å². The zero-order valence-electron chi connectivity index (χ0n) is 42.4. The van der Waals surface area contributed by atoms with Gasteiger partial charge in [0.15, 0.2) is 62.5 Å². The minimum absolute atomic E-state index is 0.00903. The van der Waals surface area contributed by atoms with E-state index < -0.39 is 177 Å². The third-order valence-electron chi connectivity index (χ3n) is 15.0. The maximum absolute atomic E-state index is 15.5. The fourth-order valence-corrected chi connectivity index (χ4v) is 17.8. The number of Topliss-reactive ketones (excluding diaryl/α,β-unsaturated/α-hetero) is 2. The molecular formula is C56H46F10O12S4. The Morgan fingerprint density at radius 3 is 1.43 bits per heavy atom. The van der Waals surface area contributed by atoms with E-state index in [1.54, 1.807) is 24.3 Å². The lowest BCUT2D eigenvalue weighted by atomic mass is 9.66. The van der Waals surface area contributed by atoms with Gasteiger partial charge in [-0.2, -0.15) is 26.3 Å². The van der Waals surface area contributed by atoms with E-state index in [0.29, 0.717) is 24.3 Å². The number of sulfone groups is 4. The molecule has 2 aliphatic carbocycles. The molecule has 6 aromatic carbocycles. The molecule has 82 heavy (non-hydrogen) atoms. The van der Waals surface area contributed by atoms with Crippen LogP contribution in [0.4, 0.5) is 43.9 Å². The zero-order valence-corrected chi connectivity index (χ0v) is 45.7. The molecule has 0 amide bonds. The van der Waals surface area contributed by atoms with E-state index in [9.17, 15) is 82.8 Å². The highest BCUT2D eigenvalue weighted by atomic mass is 32.2. The van der Waals surface area contributed by atoms with E-state index >= 15 is 4.39 Å². The Labute approximate surface area is 464 Å². The molecule has 0 bridgehead atoms. The Kier molecular flexibility index (Phi) is 16.9. The summed E-state index contributed by atoms with van der Waals surface area (Å²) in [4.78, 5) is 24.4. The monoisotopic (exact) mass is 1230 g/mol. The summed E-state index contributed by atoms with van der Waals surface area (Å²) in [6, 6.07) is 24.1. The normalized spacial score (nSPS) is 21.7. The van der Waals surface area contributed by atoms with Crippen LogP contribution in [0.15, 0.2) is 165 Å². The Balaban J connectivity index is 0.000000187. The first-order chi connectivity index (χ1) is 38.3. The molecule has 2 unspecified atom stereocenters. The van der Waals surface area contributed by atoms with Crippen molar-refractivity contribution in [3.05, 3.63) is 191 Å². The lowest BCUT2D eigenvalue weighted by molar-refractivity contribution is -0.138. The van der Waals surface area contributed by atoms with E-state index in [1.807, 2.05) is 0 Å². The summed E-state index contributed by atoms with van der Waals surface area (Å²) in [5.41, 5.74) is -3.32. The first-order valence-electron chi connectivity index (χ1n) is 24.7. The van der Waals surface area contributed by atoms with E-state index in [-0.39, 0.29) is 47.9 Å². The molecule has 6 aromatic rings. The number of carbonyl (C=O) groups excluding carboxylic acids is 2. The summed E-state index contributed by atoms with van der Waals surface area (Å²) < 4.78 is 248. The molecule has 0 spiro atoms. The lowest BCUT2D eigenvalue weighted by Gasteiger charge is -2.49. The molecule has 0 aromatic heterocycles. The second-order valence-corrected chi connectivity index (χ2v) is 27.9. The highest BCUT2D eigenvalue weighted by Gasteiger charge is 2.63. The van der Waals surface area contributed by atoms with Crippen LogP contribution in [0.5, 0.6) is 11.5 Å². The number of halogens is 10. The second-order valence-electron chi connectivity index (χ2n) is 19.5. The number of alkyl halides is 6. The van der Waals surface area contributed by atoms with Gasteiger partial charge in [0.1, 0.15) is 32.7 Å². The average Bonchev–Trinajstić information content (AvgIpc) is 1.11. The molecule has 4 aliphatic rings. The van der Waals surface area contributed by atoms with Crippen LogP contribution in [0.3, 0.4) is 0 Å². The lowest BCUT2D eigenvalue weighted by Crippen LogP contribution is -2.56. The fraction of sp³-hybridized carbons (Fsp3) is 0.286. The number of hydrogen-bond donors (Lipinski definition) is 0. The van der Waals surface area contributed by atoms with Gasteiger partial charge in [-0.15, -0.1) is 0 Å². The van der Waals surface area contributed by atoms with Crippen molar-refractivity contribution in [2.75, 3.05) is 19.0 Å². The smallest absolute Gasteiger partial charge is 0.416 e. The molecule has 12 nitrogen and oxygen atoms in total. The van der Waals surface area contributed by atoms with Crippen LogP contribution in [0.2, 0.25) is 0 Å². The first kappa shape index (κ1) is 61.2. The Morgan fingerprint density at radius 2 is 0.951 bits per heavy atom. The highest BCUT2D eigenvalue weighted by Crippen LogP contribution is 2.59. The largest absolute Gasteiger partial charge is 0.490 e. The summed E-state index contributed by atoms with van der Waals surface area (Å²) >= 11 is 0. The Hall–Kier alpha value is -6.90. The third-order valence-corrected chi connectivity index (χ3v) is 23.3. The van der Waals surface area contributed by atoms with E-state index in [0.717, 1.165) is 53.9 Å². The van der Waals surface area contributed by atoms with Crippen molar-refractivity contribution < 1.29 is 96.6 Å². The molecule has 2 aliphatic heterocycles. The zero-order chi connectivity index (χ0) is 60.0. The predicted molar refractivity (Wildman–Crippen MR) is 275 cm³/mol. The number of ether oxygens (including phenoxy) is 2. The van der Waals surface area contributed by atoms with Gasteiger partial charge < -0.3 is 9.47 Å². The molecule has 5 atom stereocenters. The van der Waals surface area contributed by atoms with Gasteiger partial charge in [-0.1, -0.05) is 43.0 Å². The van der Waals surface area contributed by atoms with Crippen molar-refractivity contribution in [3.63, 3.8) is 0 Å². The number of carbonyl (C=O) groups is 2. The minimum Gasteiger partial charge on any atom is -0.490 e. The molecule has 2 fully saturated rings. The fourth-order valence-electron chi connectivity index (χ4n) is 11.0. The van der Waals surface area contributed by atoms with Crippen LogP contribution < -0.4 is 9.47 Å². The van der Waals surface area contributed by atoms with E-state index in [2.05, 4.69) is 6.58 Å². The molecule has 2 heterocycles.